The lowest BCUT2D eigenvalue weighted by Gasteiger charge is -2.16. The quantitative estimate of drug-likeness (QED) is 0.584. The molecule has 6 heteroatoms. The van der Waals surface area contributed by atoms with Gasteiger partial charge >= 0.3 is 12.0 Å². The molecule has 0 spiro atoms. The van der Waals surface area contributed by atoms with Crippen molar-refractivity contribution in [3.8, 4) is 0 Å². The molecule has 0 aromatic carbocycles. The van der Waals surface area contributed by atoms with E-state index in [0.717, 1.165) is 12.8 Å². The highest BCUT2D eigenvalue weighted by Crippen LogP contribution is 2.00. The first kappa shape index (κ1) is 16.7. The predicted molar refractivity (Wildman–Crippen MR) is 68.6 cm³/mol. The van der Waals surface area contributed by atoms with Gasteiger partial charge in [-0.1, -0.05) is 19.8 Å². The maximum Gasteiger partial charge on any atom is 0.326 e. The standard InChI is InChI=1S/C12H24N2O4/c1-4-6-7-10(11(15)16)14-12(17)13-8-9(3)18-5-2/h9-10H,4-8H2,1-3H3,(H,15,16)(H2,13,14,17). The summed E-state index contributed by atoms with van der Waals surface area (Å²) in [6.45, 7) is 6.64. The van der Waals surface area contributed by atoms with Crippen molar-refractivity contribution in [3.05, 3.63) is 0 Å². The minimum Gasteiger partial charge on any atom is -0.480 e. The number of aliphatic carboxylic acids is 1. The molecule has 0 saturated heterocycles. The van der Waals surface area contributed by atoms with Crippen LogP contribution in [0.3, 0.4) is 0 Å². The normalized spacial score (nSPS) is 13.7. The molecule has 3 N–H and O–H groups in total. The lowest BCUT2D eigenvalue weighted by Crippen LogP contribution is -2.47. The molecular formula is C12H24N2O4. The number of carboxylic acid groups (broad SMARTS) is 1. The van der Waals surface area contributed by atoms with Gasteiger partial charge in [-0.2, -0.15) is 0 Å². The number of hydrogen-bond acceptors (Lipinski definition) is 3. The highest BCUT2D eigenvalue weighted by atomic mass is 16.5. The van der Waals surface area contributed by atoms with Crippen molar-refractivity contribution in [1.29, 1.82) is 0 Å². The molecule has 2 atom stereocenters. The number of ether oxygens (including phenoxy) is 1. The van der Waals surface area contributed by atoms with E-state index in [0.29, 0.717) is 19.6 Å². The number of nitrogens with one attached hydrogen (secondary N) is 2. The van der Waals surface area contributed by atoms with Gasteiger partial charge in [0.15, 0.2) is 0 Å². The zero-order valence-electron chi connectivity index (χ0n) is 11.4. The molecule has 0 aromatic heterocycles. The van der Waals surface area contributed by atoms with Gasteiger partial charge in [0.2, 0.25) is 0 Å². The molecule has 0 rings (SSSR count). The molecule has 0 heterocycles. The van der Waals surface area contributed by atoms with Crippen LogP contribution in [0.2, 0.25) is 0 Å². The number of unbranched alkanes of at least 4 members (excludes halogenated alkanes) is 1. The number of carbonyl (C=O) groups excluding carboxylic acids is 1. The van der Waals surface area contributed by atoms with Crippen LogP contribution in [-0.4, -0.2) is 42.4 Å². The average Bonchev–Trinajstić information content (AvgIpc) is 2.32. The summed E-state index contributed by atoms with van der Waals surface area (Å²) in [6, 6.07) is -1.29. The van der Waals surface area contributed by atoms with Crippen LogP contribution in [0.25, 0.3) is 0 Å². The molecule has 0 bridgehead atoms. The topological polar surface area (TPSA) is 87.7 Å². The monoisotopic (exact) mass is 260 g/mol. The Labute approximate surface area is 108 Å². The van der Waals surface area contributed by atoms with Gasteiger partial charge in [0, 0.05) is 13.2 Å². The summed E-state index contributed by atoms with van der Waals surface area (Å²) < 4.78 is 5.25. The SMILES string of the molecule is CCCCC(NC(=O)NCC(C)OCC)C(=O)O. The lowest BCUT2D eigenvalue weighted by atomic mass is 10.1. The second-order valence-corrected chi connectivity index (χ2v) is 4.15. The third kappa shape index (κ3) is 7.89. The zero-order chi connectivity index (χ0) is 14.0. The Morgan fingerprint density at radius 3 is 2.50 bits per heavy atom. The van der Waals surface area contributed by atoms with E-state index in [4.69, 9.17) is 9.84 Å². The molecular weight excluding hydrogens is 236 g/mol. The maximum absolute atomic E-state index is 11.5. The van der Waals surface area contributed by atoms with Crippen molar-refractivity contribution in [3.63, 3.8) is 0 Å². The first-order valence-electron chi connectivity index (χ1n) is 6.40. The number of rotatable bonds is 9. The molecule has 2 unspecified atom stereocenters. The molecule has 0 fully saturated rings. The van der Waals surface area contributed by atoms with Crippen LogP contribution < -0.4 is 10.6 Å². The van der Waals surface area contributed by atoms with E-state index in [1.165, 1.54) is 0 Å². The number of hydrogen-bond donors (Lipinski definition) is 3. The van der Waals surface area contributed by atoms with E-state index in [1.807, 2.05) is 20.8 Å². The summed E-state index contributed by atoms with van der Waals surface area (Å²) in [5.41, 5.74) is 0. The molecule has 0 aliphatic carbocycles. The van der Waals surface area contributed by atoms with Crippen LogP contribution in [0.15, 0.2) is 0 Å². The molecule has 0 saturated carbocycles. The Morgan fingerprint density at radius 1 is 1.33 bits per heavy atom. The first-order valence-corrected chi connectivity index (χ1v) is 6.40. The second-order valence-electron chi connectivity index (χ2n) is 4.15. The van der Waals surface area contributed by atoms with Gasteiger partial charge in [-0.25, -0.2) is 9.59 Å². The van der Waals surface area contributed by atoms with Crippen LogP contribution >= 0.6 is 0 Å². The van der Waals surface area contributed by atoms with Crippen LogP contribution in [0.5, 0.6) is 0 Å². The van der Waals surface area contributed by atoms with E-state index < -0.39 is 18.0 Å². The third-order valence-electron chi connectivity index (χ3n) is 2.45. The van der Waals surface area contributed by atoms with E-state index in [2.05, 4.69) is 10.6 Å². The first-order chi connectivity index (χ1) is 8.51. The Morgan fingerprint density at radius 2 is 2.00 bits per heavy atom. The van der Waals surface area contributed by atoms with Crippen LogP contribution in [0.4, 0.5) is 4.79 Å². The molecule has 2 amide bonds. The fourth-order valence-electron chi connectivity index (χ4n) is 1.45. The van der Waals surface area contributed by atoms with Gasteiger partial charge in [0.25, 0.3) is 0 Å². The number of carboxylic acids is 1. The Balaban J connectivity index is 3.98. The summed E-state index contributed by atoms with van der Waals surface area (Å²) in [5.74, 6) is -1.00. The fraction of sp³-hybridized carbons (Fsp3) is 0.833. The van der Waals surface area contributed by atoms with E-state index in [-0.39, 0.29) is 6.10 Å². The largest absolute Gasteiger partial charge is 0.480 e. The summed E-state index contributed by atoms with van der Waals surface area (Å²) in [4.78, 5) is 22.4. The van der Waals surface area contributed by atoms with Gasteiger partial charge in [0.05, 0.1) is 6.10 Å². The molecule has 18 heavy (non-hydrogen) atoms. The molecule has 6 nitrogen and oxygen atoms in total. The Bertz CT molecular complexity index is 258. The highest BCUT2D eigenvalue weighted by Gasteiger charge is 2.19. The van der Waals surface area contributed by atoms with Gasteiger partial charge in [0.1, 0.15) is 6.04 Å². The smallest absolute Gasteiger partial charge is 0.326 e. The fourth-order valence-corrected chi connectivity index (χ4v) is 1.45. The van der Waals surface area contributed by atoms with E-state index >= 15 is 0 Å². The van der Waals surface area contributed by atoms with Crippen molar-refractivity contribution in [1.82, 2.24) is 10.6 Å². The Hall–Kier alpha value is -1.30. The number of amides is 2. The molecule has 0 aliphatic heterocycles. The summed E-state index contributed by atoms with van der Waals surface area (Å²) in [7, 11) is 0. The van der Waals surface area contributed by atoms with Crippen molar-refractivity contribution in [2.24, 2.45) is 0 Å². The maximum atomic E-state index is 11.5. The summed E-state index contributed by atoms with van der Waals surface area (Å²) in [5, 5.41) is 14.0. The van der Waals surface area contributed by atoms with Crippen LogP contribution in [0.1, 0.15) is 40.0 Å². The Kier molecular flexibility index (Phi) is 9.00. The van der Waals surface area contributed by atoms with Gasteiger partial charge < -0.3 is 20.5 Å². The van der Waals surface area contributed by atoms with E-state index in [9.17, 15) is 9.59 Å². The van der Waals surface area contributed by atoms with Crippen molar-refractivity contribution in [2.75, 3.05) is 13.2 Å². The van der Waals surface area contributed by atoms with E-state index in [1.54, 1.807) is 0 Å². The number of urea groups is 1. The minimum atomic E-state index is -1.00. The van der Waals surface area contributed by atoms with Crippen molar-refractivity contribution >= 4 is 12.0 Å². The highest BCUT2D eigenvalue weighted by molar-refractivity contribution is 5.82. The zero-order valence-corrected chi connectivity index (χ0v) is 11.4. The van der Waals surface area contributed by atoms with Gasteiger partial charge in [-0.05, 0) is 20.3 Å². The predicted octanol–water partition coefficient (Wildman–Crippen LogP) is 1.35. The molecule has 0 aromatic rings. The summed E-state index contributed by atoms with van der Waals surface area (Å²) >= 11 is 0. The third-order valence-corrected chi connectivity index (χ3v) is 2.45. The lowest BCUT2D eigenvalue weighted by molar-refractivity contribution is -0.139. The molecule has 0 radical (unpaired) electrons. The van der Waals surface area contributed by atoms with Crippen LogP contribution in [0, 0.1) is 0 Å². The molecule has 0 aliphatic rings. The average molecular weight is 260 g/mol. The second kappa shape index (κ2) is 9.70. The van der Waals surface area contributed by atoms with Crippen molar-refractivity contribution in [2.45, 2.75) is 52.2 Å². The minimum absolute atomic E-state index is 0.0836. The summed E-state index contributed by atoms with van der Waals surface area (Å²) in [6.07, 6.45) is 2.03. The molecule has 106 valence electrons. The van der Waals surface area contributed by atoms with Crippen molar-refractivity contribution < 1.29 is 19.4 Å². The van der Waals surface area contributed by atoms with Crippen LogP contribution in [-0.2, 0) is 9.53 Å². The number of carbonyl (C=O) groups is 2. The van der Waals surface area contributed by atoms with Gasteiger partial charge in [-0.15, -0.1) is 0 Å². The van der Waals surface area contributed by atoms with Gasteiger partial charge in [-0.3, -0.25) is 0 Å².